The van der Waals surface area contributed by atoms with Gasteiger partial charge in [-0.05, 0) is 61.6 Å². The molecule has 1 aliphatic rings. The van der Waals surface area contributed by atoms with Crippen molar-refractivity contribution in [2.24, 2.45) is 0 Å². The number of nitrogens with one attached hydrogen (secondary N) is 2. The van der Waals surface area contributed by atoms with Crippen molar-refractivity contribution in [1.82, 2.24) is 20.3 Å². The van der Waals surface area contributed by atoms with Gasteiger partial charge in [-0.15, -0.1) is 0 Å². The predicted molar refractivity (Wildman–Crippen MR) is 144 cm³/mol. The summed E-state index contributed by atoms with van der Waals surface area (Å²) in [4.78, 5) is 11.9. The number of piperidine rings is 1. The lowest BCUT2D eigenvalue weighted by Crippen LogP contribution is -2.21. The number of hydrogen-bond acceptors (Lipinski definition) is 8. The van der Waals surface area contributed by atoms with Crippen molar-refractivity contribution in [2.45, 2.75) is 25.0 Å². The average Bonchev–Trinajstić information content (AvgIpc) is 2.96. The fraction of sp³-hybridized carbons (Fsp3) is 0.222. The Morgan fingerprint density at radius 2 is 1.71 bits per heavy atom. The van der Waals surface area contributed by atoms with Crippen LogP contribution in [0.1, 0.15) is 24.8 Å². The molecule has 198 valence electrons. The van der Waals surface area contributed by atoms with Gasteiger partial charge in [0, 0.05) is 24.2 Å². The molecule has 1 fully saturated rings. The summed E-state index contributed by atoms with van der Waals surface area (Å²) in [7, 11) is 0. The summed E-state index contributed by atoms with van der Waals surface area (Å²) in [6, 6.07) is 14.9. The van der Waals surface area contributed by atoms with Crippen LogP contribution < -0.4 is 20.5 Å². The summed E-state index contributed by atoms with van der Waals surface area (Å²) in [5.74, 6) is -4.45. The summed E-state index contributed by atoms with van der Waals surface area (Å²) in [6.45, 7) is 2.50. The van der Waals surface area contributed by atoms with Crippen LogP contribution in [-0.2, 0) is 5.75 Å². The van der Waals surface area contributed by atoms with Crippen molar-refractivity contribution in [3.63, 3.8) is 0 Å². The molecule has 4 N–H and O–H groups in total. The van der Waals surface area contributed by atoms with Crippen molar-refractivity contribution in [1.29, 1.82) is 0 Å². The van der Waals surface area contributed by atoms with Crippen molar-refractivity contribution < 1.29 is 17.9 Å². The van der Waals surface area contributed by atoms with Crippen LogP contribution in [0, 0.1) is 17.5 Å². The van der Waals surface area contributed by atoms with Crippen LogP contribution in [0.5, 0.6) is 11.6 Å². The first-order valence-electron chi connectivity index (χ1n) is 12.0. The minimum Gasteiger partial charge on any atom is -0.432 e. The van der Waals surface area contributed by atoms with E-state index in [0.29, 0.717) is 17.0 Å². The molecular formula is C27H27F3N6OS. The van der Waals surface area contributed by atoms with E-state index >= 15 is 0 Å². The van der Waals surface area contributed by atoms with Gasteiger partial charge in [0.2, 0.25) is 23.4 Å². The SMILES string of the molecule is C1CCNCC1.Nc1nccc(-c2cccnc2Oc2c(F)cc(NSCc3ccccc3)c(F)c2F)n1. The van der Waals surface area contributed by atoms with E-state index in [1.54, 1.807) is 12.1 Å². The minimum atomic E-state index is -1.48. The third-order valence-corrected chi connectivity index (χ3v) is 6.35. The Bertz CT molecular complexity index is 1330. The molecular weight excluding hydrogens is 513 g/mol. The molecule has 0 saturated carbocycles. The van der Waals surface area contributed by atoms with Crippen LogP contribution in [0.15, 0.2) is 67.0 Å². The topological polar surface area (TPSA) is 98.0 Å². The minimum absolute atomic E-state index is 0.00383. The van der Waals surface area contributed by atoms with Crippen LogP contribution in [0.4, 0.5) is 24.8 Å². The van der Waals surface area contributed by atoms with Crippen LogP contribution in [-0.4, -0.2) is 28.0 Å². The summed E-state index contributed by atoms with van der Waals surface area (Å²) in [5, 5.41) is 3.28. The Balaban J connectivity index is 0.000000494. The zero-order valence-electron chi connectivity index (χ0n) is 20.5. The molecule has 1 saturated heterocycles. The first kappa shape index (κ1) is 27.2. The van der Waals surface area contributed by atoms with E-state index in [9.17, 15) is 13.2 Å². The van der Waals surface area contributed by atoms with Crippen molar-refractivity contribution in [3.8, 4) is 22.9 Å². The Labute approximate surface area is 223 Å². The first-order chi connectivity index (χ1) is 18.5. The highest BCUT2D eigenvalue weighted by atomic mass is 32.2. The molecule has 0 bridgehead atoms. The number of halogens is 3. The Morgan fingerprint density at radius 3 is 2.39 bits per heavy atom. The molecule has 0 spiro atoms. The predicted octanol–water partition coefficient (Wildman–Crippen LogP) is 6.35. The molecule has 4 aromatic rings. The molecule has 5 rings (SSSR count). The van der Waals surface area contributed by atoms with Crippen LogP contribution in [0.3, 0.4) is 0 Å². The zero-order chi connectivity index (χ0) is 26.7. The molecule has 0 amide bonds. The van der Waals surface area contributed by atoms with Gasteiger partial charge >= 0.3 is 0 Å². The number of nitrogen functional groups attached to an aromatic ring is 1. The molecule has 0 atom stereocenters. The van der Waals surface area contributed by atoms with E-state index < -0.39 is 23.2 Å². The van der Waals surface area contributed by atoms with Crippen molar-refractivity contribution in [2.75, 3.05) is 23.5 Å². The molecule has 0 radical (unpaired) electrons. The Morgan fingerprint density at radius 1 is 0.921 bits per heavy atom. The maximum Gasteiger partial charge on any atom is 0.228 e. The number of nitrogens with two attached hydrogens (primary N) is 1. The van der Waals surface area contributed by atoms with E-state index in [1.807, 2.05) is 30.3 Å². The van der Waals surface area contributed by atoms with Gasteiger partial charge in [0.05, 0.1) is 16.9 Å². The van der Waals surface area contributed by atoms with Gasteiger partial charge < -0.3 is 20.5 Å². The smallest absolute Gasteiger partial charge is 0.228 e. The molecule has 3 heterocycles. The Hall–Kier alpha value is -3.83. The monoisotopic (exact) mass is 540 g/mol. The van der Waals surface area contributed by atoms with Gasteiger partial charge in [0.25, 0.3) is 0 Å². The van der Waals surface area contributed by atoms with Crippen LogP contribution in [0.2, 0.25) is 0 Å². The van der Waals surface area contributed by atoms with E-state index in [-0.39, 0.29) is 17.5 Å². The highest BCUT2D eigenvalue weighted by Crippen LogP contribution is 2.36. The summed E-state index contributed by atoms with van der Waals surface area (Å²) < 4.78 is 51.9. The number of hydrogen-bond donors (Lipinski definition) is 3. The number of nitrogens with zero attached hydrogens (tertiary/aromatic N) is 3. The maximum absolute atomic E-state index is 14.7. The number of benzene rings is 2. The fourth-order valence-electron chi connectivity index (χ4n) is 3.61. The molecule has 2 aromatic heterocycles. The number of aromatic nitrogens is 3. The highest BCUT2D eigenvalue weighted by Gasteiger charge is 2.23. The second-order valence-electron chi connectivity index (χ2n) is 8.31. The Kier molecular flexibility index (Phi) is 9.77. The molecule has 0 unspecified atom stereocenters. The molecule has 11 heteroatoms. The van der Waals surface area contributed by atoms with Gasteiger partial charge in [-0.25, -0.2) is 23.7 Å². The first-order valence-corrected chi connectivity index (χ1v) is 13.0. The lowest BCUT2D eigenvalue weighted by atomic mass is 10.2. The third kappa shape index (κ3) is 7.36. The quantitative estimate of drug-likeness (QED) is 0.184. The average molecular weight is 541 g/mol. The number of anilines is 2. The lowest BCUT2D eigenvalue weighted by Gasteiger charge is -2.13. The van der Waals surface area contributed by atoms with Gasteiger partial charge in [-0.2, -0.15) is 4.39 Å². The summed E-state index contributed by atoms with van der Waals surface area (Å²) in [5.41, 5.74) is 6.87. The van der Waals surface area contributed by atoms with Gasteiger partial charge in [0.15, 0.2) is 11.6 Å². The largest absolute Gasteiger partial charge is 0.432 e. The number of ether oxygens (including phenoxy) is 1. The van der Waals surface area contributed by atoms with Crippen molar-refractivity contribution in [3.05, 3.63) is 90.0 Å². The highest BCUT2D eigenvalue weighted by molar-refractivity contribution is 7.99. The lowest BCUT2D eigenvalue weighted by molar-refractivity contribution is 0.379. The van der Waals surface area contributed by atoms with E-state index in [4.69, 9.17) is 10.5 Å². The van der Waals surface area contributed by atoms with Gasteiger partial charge in [0.1, 0.15) is 0 Å². The summed E-state index contributed by atoms with van der Waals surface area (Å²) in [6.07, 6.45) is 7.00. The molecule has 7 nitrogen and oxygen atoms in total. The van der Waals surface area contributed by atoms with E-state index in [0.717, 1.165) is 23.6 Å². The van der Waals surface area contributed by atoms with Crippen molar-refractivity contribution >= 4 is 23.6 Å². The van der Waals surface area contributed by atoms with Crippen LogP contribution >= 0.6 is 11.9 Å². The molecule has 38 heavy (non-hydrogen) atoms. The third-order valence-electron chi connectivity index (χ3n) is 5.51. The maximum atomic E-state index is 14.7. The fourth-order valence-corrected chi connectivity index (χ4v) is 4.34. The van der Waals surface area contributed by atoms with E-state index in [1.165, 1.54) is 50.8 Å². The molecule has 0 aliphatic carbocycles. The van der Waals surface area contributed by atoms with Gasteiger partial charge in [-0.1, -0.05) is 36.8 Å². The van der Waals surface area contributed by atoms with Crippen LogP contribution in [0.25, 0.3) is 11.3 Å². The second kappa shape index (κ2) is 13.6. The van der Waals surface area contributed by atoms with Gasteiger partial charge in [-0.3, -0.25) is 0 Å². The number of rotatable bonds is 7. The normalized spacial score (nSPS) is 12.8. The summed E-state index contributed by atoms with van der Waals surface area (Å²) >= 11 is 1.10. The second-order valence-corrected chi connectivity index (χ2v) is 9.09. The van der Waals surface area contributed by atoms with E-state index in [2.05, 4.69) is 25.0 Å². The molecule has 2 aromatic carbocycles. The standard InChI is InChI=1S/C22H16F3N5OS.C5H11N/c23-15-11-17(30-32-12-13-5-2-1-3-6-13)18(24)19(25)20(15)31-21-14(7-4-9-27-21)16-8-10-28-22(26)29-16;1-2-4-6-5-3-1/h1-11,30H,12H2,(H2,26,28,29);6H,1-5H2. The zero-order valence-corrected chi connectivity index (χ0v) is 21.3. The number of pyridine rings is 1. The molecule has 1 aliphatic heterocycles.